The standard InChI is InChI=1S/C22H22Cl2N4O3S/c1-4-28-12(2)17(20(29)31-3)19(27-22(28)32)13-7-5-8-14(11-13)25-21(30)26-16-10-6-9-15(23)18(16)24/h5-11,19H,4H2,1-3H3,(H,27,32)(H2,25,26,30). The van der Waals surface area contributed by atoms with E-state index in [1.165, 1.54) is 7.11 Å². The zero-order valence-corrected chi connectivity index (χ0v) is 20.0. The number of benzene rings is 2. The number of urea groups is 1. The minimum absolute atomic E-state index is 0.252. The van der Waals surface area contributed by atoms with E-state index < -0.39 is 18.0 Å². The van der Waals surface area contributed by atoms with Crippen molar-refractivity contribution in [1.29, 1.82) is 0 Å². The Kier molecular flexibility index (Phi) is 7.60. The van der Waals surface area contributed by atoms with E-state index in [0.717, 1.165) is 11.3 Å². The van der Waals surface area contributed by atoms with Gasteiger partial charge < -0.3 is 25.6 Å². The number of amides is 2. The van der Waals surface area contributed by atoms with Crippen LogP contribution in [0.25, 0.3) is 0 Å². The van der Waals surface area contributed by atoms with Crippen LogP contribution in [-0.2, 0) is 9.53 Å². The third-order valence-electron chi connectivity index (χ3n) is 5.00. The normalized spacial score (nSPS) is 15.8. The quantitative estimate of drug-likeness (QED) is 0.386. The maximum atomic E-state index is 12.6. The van der Waals surface area contributed by atoms with E-state index in [1.807, 2.05) is 24.8 Å². The van der Waals surface area contributed by atoms with Crippen molar-refractivity contribution in [1.82, 2.24) is 10.2 Å². The molecular formula is C22H22Cl2N4O3S. The van der Waals surface area contributed by atoms with Gasteiger partial charge in [-0.2, -0.15) is 0 Å². The summed E-state index contributed by atoms with van der Waals surface area (Å²) in [5, 5.41) is 9.73. The van der Waals surface area contributed by atoms with Crippen molar-refractivity contribution >= 4 is 63.9 Å². The second-order valence-corrected chi connectivity index (χ2v) is 8.10. The minimum atomic E-state index is -0.523. The highest BCUT2D eigenvalue weighted by Crippen LogP contribution is 2.33. The third-order valence-corrected chi connectivity index (χ3v) is 6.15. The van der Waals surface area contributed by atoms with Gasteiger partial charge in [-0.3, -0.25) is 0 Å². The van der Waals surface area contributed by atoms with Crippen molar-refractivity contribution in [3.63, 3.8) is 0 Å². The molecule has 0 fully saturated rings. The molecule has 2 aromatic rings. The molecule has 0 saturated carbocycles. The number of nitrogens with zero attached hydrogens (tertiary/aromatic N) is 1. The summed E-state index contributed by atoms with van der Waals surface area (Å²) in [4.78, 5) is 26.9. The minimum Gasteiger partial charge on any atom is -0.466 e. The van der Waals surface area contributed by atoms with Crippen LogP contribution in [0.2, 0.25) is 10.0 Å². The Balaban J connectivity index is 1.86. The molecule has 1 atom stereocenters. The summed E-state index contributed by atoms with van der Waals surface area (Å²) in [7, 11) is 1.34. The number of allylic oxidation sites excluding steroid dienone is 1. The highest BCUT2D eigenvalue weighted by atomic mass is 35.5. The number of rotatable bonds is 5. The zero-order chi connectivity index (χ0) is 23.4. The van der Waals surface area contributed by atoms with Crippen LogP contribution in [0.3, 0.4) is 0 Å². The van der Waals surface area contributed by atoms with E-state index in [1.54, 1.807) is 36.4 Å². The zero-order valence-electron chi connectivity index (χ0n) is 17.7. The lowest BCUT2D eigenvalue weighted by Crippen LogP contribution is -2.47. The fourth-order valence-electron chi connectivity index (χ4n) is 3.47. The van der Waals surface area contributed by atoms with Crippen LogP contribution < -0.4 is 16.0 Å². The Hall–Kier alpha value is -2.81. The number of nitrogens with one attached hydrogen (secondary N) is 3. The van der Waals surface area contributed by atoms with Gasteiger partial charge in [0, 0.05) is 17.9 Å². The van der Waals surface area contributed by atoms with Gasteiger partial charge in [0.1, 0.15) is 0 Å². The summed E-state index contributed by atoms with van der Waals surface area (Å²) in [5.74, 6) is -0.451. The molecule has 0 bridgehead atoms. The van der Waals surface area contributed by atoms with E-state index in [-0.39, 0.29) is 5.02 Å². The van der Waals surface area contributed by atoms with Gasteiger partial charge in [0.15, 0.2) is 5.11 Å². The van der Waals surface area contributed by atoms with Crippen LogP contribution >= 0.6 is 35.4 Å². The Morgan fingerprint density at radius 2 is 1.91 bits per heavy atom. The average Bonchev–Trinajstić information content (AvgIpc) is 2.76. The molecule has 0 aromatic heterocycles. The molecule has 1 aliphatic rings. The van der Waals surface area contributed by atoms with Gasteiger partial charge in [0.25, 0.3) is 0 Å². The predicted octanol–water partition coefficient (Wildman–Crippen LogP) is 5.34. The van der Waals surface area contributed by atoms with Gasteiger partial charge in [-0.05, 0) is 55.9 Å². The highest BCUT2D eigenvalue weighted by molar-refractivity contribution is 7.80. The molecule has 1 heterocycles. The van der Waals surface area contributed by atoms with Crippen LogP contribution in [-0.4, -0.2) is 35.7 Å². The van der Waals surface area contributed by atoms with Crippen molar-refractivity contribution in [3.05, 3.63) is 69.3 Å². The average molecular weight is 493 g/mol. The van der Waals surface area contributed by atoms with Gasteiger partial charge in [-0.25, -0.2) is 9.59 Å². The number of methoxy groups -OCH3 is 1. The molecule has 32 heavy (non-hydrogen) atoms. The second kappa shape index (κ2) is 10.2. The highest BCUT2D eigenvalue weighted by Gasteiger charge is 2.34. The lowest BCUT2D eigenvalue weighted by molar-refractivity contribution is -0.136. The Morgan fingerprint density at radius 3 is 2.59 bits per heavy atom. The van der Waals surface area contributed by atoms with Crippen LogP contribution in [0.5, 0.6) is 0 Å². The molecule has 0 aliphatic carbocycles. The summed E-state index contributed by atoms with van der Waals surface area (Å²) in [6.07, 6.45) is 0. The van der Waals surface area contributed by atoms with Crippen LogP contribution in [0, 0.1) is 0 Å². The van der Waals surface area contributed by atoms with Gasteiger partial charge in [0.2, 0.25) is 0 Å². The molecule has 1 aliphatic heterocycles. The summed E-state index contributed by atoms with van der Waals surface area (Å²) < 4.78 is 5.01. The van der Waals surface area contributed by atoms with Crippen molar-refractivity contribution in [2.75, 3.05) is 24.3 Å². The topological polar surface area (TPSA) is 82.7 Å². The van der Waals surface area contributed by atoms with Gasteiger partial charge >= 0.3 is 12.0 Å². The van der Waals surface area contributed by atoms with Crippen molar-refractivity contribution in [2.45, 2.75) is 19.9 Å². The molecule has 7 nitrogen and oxygen atoms in total. The number of carbonyl (C=O) groups is 2. The Morgan fingerprint density at radius 1 is 1.19 bits per heavy atom. The van der Waals surface area contributed by atoms with Gasteiger partial charge in [-0.15, -0.1) is 0 Å². The lowest BCUT2D eigenvalue weighted by Gasteiger charge is -2.37. The first-order valence-corrected chi connectivity index (χ1v) is 10.9. The molecule has 0 saturated heterocycles. The van der Waals surface area contributed by atoms with Crippen LogP contribution in [0.1, 0.15) is 25.5 Å². The van der Waals surface area contributed by atoms with E-state index in [4.69, 9.17) is 40.2 Å². The smallest absolute Gasteiger partial charge is 0.337 e. The number of hydrogen-bond donors (Lipinski definition) is 3. The maximum absolute atomic E-state index is 12.6. The number of hydrogen-bond acceptors (Lipinski definition) is 4. The lowest BCUT2D eigenvalue weighted by atomic mass is 9.94. The number of anilines is 2. The van der Waals surface area contributed by atoms with E-state index in [0.29, 0.717) is 33.6 Å². The van der Waals surface area contributed by atoms with Crippen molar-refractivity contribution in [3.8, 4) is 0 Å². The van der Waals surface area contributed by atoms with E-state index in [9.17, 15) is 9.59 Å². The molecule has 3 rings (SSSR count). The molecule has 1 unspecified atom stereocenters. The summed E-state index contributed by atoms with van der Waals surface area (Å²) in [6.45, 7) is 4.39. The summed E-state index contributed by atoms with van der Waals surface area (Å²) >= 11 is 17.6. The maximum Gasteiger partial charge on any atom is 0.337 e. The molecule has 2 aromatic carbocycles. The second-order valence-electron chi connectivity index (χ2n) is 6.92. The number of ether oxygens (including phenoxy) is 1. The fourth-order valence-corrected chi connectivity index (χ4v) is 4.20. The first-order valence-electron chi connectivity index (χ1n) is 9.75. The van der Waals surface area contributed by atoms with E-state index >= 15 is 0 Å². The SMILES string of the molecule is CCN1C(=S)NC(c2cccc(NC(=O)Nc3cccc(Cl)c3Cl)c2)C(C(=O)OC)=C1C. The monoisotopic (exact) mass is 492 g/mol. The molecule has 2 amide bonds. The Labute approximate surface area is 201 Å². The van der Waals surface area contributed by atoms with E-state index in [2.05, 4.69) is 16.0 Å². The molecule has 168 valence electrons. The molecule has 10 heteroatoms. The van der Waals surface area contributed by atoms with Crippen LogP contribution in [0.4, 0.5) is 16.2 Å². The number of halogens is 2. The first-order chi connectivity index (χ1) is 15.3. The summed E-state index contributed by atoms with van der Waals surface area (Å²) in [5.41, 5.74) is 2.82. The molecule has 0 radical (unpaired) electrons. The third kappa shape index (κ3) is 4.98. The van der Waals surface area contributed by atoms with Gasteiger partial charge in [0.05, 0.1) is 34.5 Å². The number of carbonyl (C=O) groups excluding carboxylic acids is 2. The molecule has 0 spiro atoms. The van der Waals surface area contributed by atoms with Gasteiger partial charge in [-0.1, -0.05) is 41.4 Å². The molecule has 3 N–H and O–H groups in total. The fraction of sp³-hybridized carbons (Fsp3) is 0.227. The molecular weight excluding hydrogens is 471 g/mol. The largest absolute Gasteiger partial charge is 0.466 e. The van der Waals surface area contributed by atoms with Crippen molar-refractivity contribution in [2.24, 2.45) is 0 Å². The number of esters is 1. The number of thiocarbonyl (C=S) groups is 1. The summed E-state index contributed by atoms with van der Waals surface area (Å²) in [6, 6.07) is 11.1. The first kappa shape index (κ1) is 23.8. The van der Waals surface area contributed by atoms with Crippen LogP contribution in [0.15, 0.2) is 53.7 Å². The predicted molar refractivity (Wildman–Crippen MR) is 131 cm³/mol. The Bertz CT molecular complexity index is 1110. The van der Waals surface area contributed by atoms with Crippen molar-refractivity contribution < 1.29 is 14.3 Å².